The van der Waals surface area contributed by atoms with Crippen molar-refractivity contribution in [1.29, 1.82) is 0 Å². The Morgan fingerprint density at radius 2 is 1.93 bits per heavy atom. The van der Waals surface area contributed by atoms with Gasteiger partial charge < -0.3 is 5.32 Å². The minimum atomic E-state index is -0.273. The van der Waals surface area contributed by atoms with Gasteiger partial charge in [-0.3, -0.25) is 14.2 Å². The normalized spacial score (nSPS) is 13.8. The standard InChI is InChI=1S/C22H22FN3O2/c23-17-8-5-15(6-9-17)11-12-24-21(27)16-7-10-18-19(14-16)25-20-4-2-1-3-13-26(20)22(18)28/h5-10,14H,1-4,11-13H2,(H,24,27). The summed E-state index contributed by atoms with van der Waals surface area (Å²) in [6.45, 7) is 1.16. The van der Waals surface area contributed by atoms with E-state index in [1.165, 1.54) is 12.1 Å². The second-order valence-electron chi connectivity index (χ2n) is 7.16. The molecule has 2 aromatic carbocycles. The Labute approximate surface area is 162 Å². The third-order valence-electron chi connectivity index (χ3n) is 5.19. The summed E-state index contributed by atoms with van der Waals surface area (Å²) in [4.78, 5) is 29.9. The maximum absolute atomic E-state index is 12.9. The molecule has 1 N–H and O–H groups in total. The second-order valence-corrected chi connectivity index (χ2v) is 7.16. The number of carbonyl (C=O) groups is 1. The highest BCUT2D eigenvalue weighted by molar-refractivity contribution is 5.97. The van der Waals surface area contributed by atoms with E-state index in [1.807, 2.05) is 0 Å². The highest BCUT2D eigenvalue weighted by Gasteiger charge is 2.15. The number of fused-ring (bicyclic) bond motifs is 2. The first kappa shape index (κ1) is 18.3. The monoisotopic (exact) mass is 379 g/mol. The summed E-state index contributed by atoms with van der Waals surface area (Å²) < 4.78 is 14.7. The first-order chi connectivity index (χ1) is 13.6. The number of hydrogen-bond donors (Lipinski definition) is 1. The molecule has 0 radical (unpaired) electrons. The molecule has 1 aliphatic heterocycles. The largest absolute Gasteiger partial charge is 0.352 e. The van der Waals surface area contributed by atoms with Gasteiger partial charge in [0.2, 0.25) is 0 Å². The molecule has 144 valence electrons. The molecule has 0 saturated heterocycles. The number of aromatic nitrogens is 2. The fourth-order valence-electron chi connectivity index (χ4n) is 3.63. The average molecular weight is 379 g/mol. The Morgan fingerprint density at radius 1 is 1.11 bits per heavy atom. The number of nitrogens with one attached hydrogen (secondary N) is 1. The number of benzene rings is 2. The second kappa shape index (κ2) is 7.92. The lowest BCUT2D eigenvalue weighted by atomic mass is 10.1. The Hall–Kier alpha value is -3.02. The molecule has 1 aliphatic rings. The molecular weight excluding hydrogens is 357 g/mol. The lowest BCUT2D eigenvalue weighted by Gasteiger charge is -2.11. The van der Waals surface area contributed by atoms with Gasteiger partial charge in [0.25, 0.3) is 11.5 Å². The number of carbonyl (C=O) groups excluding carboxylic acids is 1. The minimum Gasteiger partial charge on any atom is -0.352 e. The van der Waals surface area contributed by atoms with E-state index in [2.05, 4.69) is 10.3 Å². The first-order valence-corrected chi connectivity index (χ1v) is 9.68. The van der Waals surface area contributed by atoms with E-state index >= 15 is 0 Å². The Kier molecular flexibility index (Phi) is 5.19. The van der Waals surface area contributed by atoms with Gasteiger partial charge in [-0.15, -0.1) is 0 Å². The van der Waals surface area contributed by atoms with Crippen molar-refractivity contribution in [3.8, 4) is 0 Å². The van der Waals surface area contributed by atoms with E-state index in [0.29, 0.717) is 36.0 Å². The number of amides is 1. The lowest BCUT2D eigenvalue weighted by molar-refractivity contribution is 0.0954. The van der Waals surface area contributed by atoms with Crippen LogP contribution in [0.15, 0.2) is 47.3 Å². The molecule has 0 aliphatic carbocycles. The van der Waals surface area contributed by atoms with E-state index in [-0.39, 0.29) is 17.3 Å². The molecule has 28 heavy (non-hydrogen) atoms. The van der Waals surface area contributed by atoms with Crippen LogP contribution in [0.4, 0.5) is 4.39 Å². The molecule has 0 bridgehead atoms. The third-order valence-corrected chi connectivity index (χ3v) is 5.19. The molecule has 6 heteroatoms. The van der Waals surface area contributed by atoms with Crippen LogP contribution in [-0.2, 0) is 19.4 Å². The summed E-state index contributed by atoms with van der Waals surface area (Å²) in [6, 6.07) is 11.3. The summed E-state index contributed by atoms with van der Waals surface area (Å²) >= 11 is 0. The van der Waals surface area contributed by atoms with Crippen molar-refractivity contribution < 1.29 is 9.18 Å². The van der Waals surface area contributed by atoms with Gasteiger partial charge in [0.05, 0.1) is 10.9 Å². The Balaban J connectivity index is 1.51. The van der Waals surface area contributed by atoms with Gasteiger partial charge in [0.1, 0.15) is 11.6 Å². The van der Waals surface area contributed by atoms with E-state index in [9.17, 15) is 14.0 Å². The maximum Gasteiger partial charge on any atom is 0.261 e. The lowest BCUT2D eigenvalue weighted by Crippen LogP contribution is -2.27. The summed E-state index contributed by atoms with van der Waals surface area (Å²) in [5.74, 6) is 0.329. The molecule has 0 unspecified atom stereocenters. The minimum absolute atomic E-state index is 0.0230. The zero-order chi connectivity index (χ0) is 19.5. The first-order valence-electron chi connectivity index (χ1n) is 9.68. The highest BCUT2D eigenvalue weighted by Crippen LogP contribution is 2.16. The summed E-state index contributed by atoms with van der Waals surface area (Å²) in [5, 5.41) is 3.42. The van der Waals surface area contributed by atoms with Gasteiger partial charge in [-0.25, -0.2) is 9.37 Å². The van der Waals surface area contributed by atoms with Crippen LogP contribution >= 0.6 is 0 Å². The molecule has 0 spiro atoms. The number of aryl methyl sites for hydroxylation is 1. The molecule has 5 nitrogen and oxygen atoms in total. The summed E-state index contributed by atoms with van der Waals surface area (Å²) in [6.07, 6.45) is 4.53. The van der Waals surface area contributed by atoms with E-state index < -0.39 is 0 Å². The predicted molar refractivity (Wildman–Crippen MR) is 106 cm³/mol. The van der Waals surface area contributed by atoms with Crippen molar-refractivity contribution >= 4 is 16.8 Å². The highest BCUT2D eigenvalue weighted by atomic mass is 19.1. The van der Waals surface area contributed by atoms with E-state index in [1.54, 1.807) is 34.9 Å². The van der Waals surface area contributed by atoms with E-state index in [4.69, 9.17) is 0 Å². The molecule has 1 aromatic heterocycles. The van der Waals surface area contributed by atoms with Gasteiger partial charge in [0.15, 0.2) is 0 Å². The molecule has 0 fully saturated rings. The molecule has 2 heterocycles. The SMILES string of the molecule is O=C(NCCc1ccc(F)cc1)c1ccc2c(=O)n3c(nc2c1)CCCCC3. The summed E-state index contributed by atoms with van der Waals surface area (Å²) in [7, 11) is 0. The average Bonchev–Trinajstić information content (AvgIpc) is 2.95. The van der Waals surface area contributed by atoms with Crippen LogP contribution < -0.4 is 10.9 Å². The third kappa shape index (κ3) is 3.81. The number of halogens is 1. The van der Waals surface area contributed by atoms with Gasteiger partial charge in [0, 0.05) is 25.1 Å². The maximum atomic E-state index is 12.9. The van der Waals surface area contributed by atoms with Crippen molar-refractivity contribution in [3.05, 3.63) is 75.6 Å². The smallest absolute Gasteiger partial charge is 0.261 e. The van der Waals surface area contributed by atoms with Crippen LogP contribution in [0, 0.1) is 5.82 Å². The van der Waals surface area contributed by atoms with Crippen LogP contribution in [-0.4, -0.2) is 22.0 Å². The molecule has 1 amide bonds. The van der Waals surface area contributed by atoms with Crippen molar-refractivity contribution in [3.63, 3.8) is 0 Å². The number of rotatable bonds is 4. The quantitative estimate of drug-likeness (QED) is 0.757. The van der Waals surface area contributed by atoms with Crippen molar-refractivity contribution in [2.45, 2.75) is 38.6 Å². The number of nitrogens with zero attached hydrogens (tertiary/aromatic N) is 2. The van der Waals surface area contributed by atoms with Crippen LogP contribution in [0.2, 0.25) is 0 Å². The van der Waals surface area contributed by atoms with Crippen LogP contribution in [0.3, 0.4) is 0 Å². The van der Waals surface area contributed by atoms with Gasteiger partial charge >= 0.3 is 0 Å². The molecule has 3 aromatic rings. The predicted octanol–water partition coefficient (Wildman–Crippen LogP) is 3.23. The Bertz CT molecular complexity index is 1070. The molecule has 0 atom stereocenters. The summed E-state index contributed by atoms with van der Waals surface area (Å²) in [5.41, 5.74) is 1.99. The van der Waals surface area contributed by atoms with Gasteiger partial charge in [-0.2, -0.15) is 0 Å². The van der Waals surface area contributed by atoms with Gasteiger partial charge in [-0.05, 0) is 55.2 Å². The molecular formula is C22H22FN3O2. The van der Waals surface area contributed by atoms with Crippen LogP contribution in [0.25, 0.3) is 10.9 Å². The molecule has 0 saturated carbocycles. The zero-order valence-corrected chi connectivity index (χ0v) is 15.6. The van der Waals surface area contributed by atoms with Crippen LogP contribution in [0.1, 0.15) is 41.0 Å². The van der Waals surface area contributed by atoms with Crippen LogP contribution in [0.5, 0.6) is 0 Å². The van der Waals surface area contributed by atoms with E-state index in [0.717, 1.165) is 37.1 Å². The topological polar surface area (TPSA) is 64.0 Å². The van der Waals surface area contributed by atoms with Crippen molar-refractivity contribution in [2.75, 3.05) is 6.54 Å². The fourth-order valence-corrected chi connectivity index (χ4v) is 3.63. The fraction of sp³-hybridized carbons (Fsp3) is 0.318. The molecule has 4 rings (SSSR count). The van der Waals surface area contributed by atoms with Crippen molar-refractivity contribution in [1.82, 2.24) is 14.9 Å². The Morgan fingerprint density at radius 3 is 2.75 bits per heavy atom. The zero-order valence-electron chi connectivity index (χ0n) is 15.6. The number of hydrogen-bond acceptors (Lipinski definition) is 3. The van der Waals surface area contributed by atoms with Crippen molar-refractivity contribution in [2.24, 2.45) is 0 Å². The van der Waals surface area contributed by atoms with Gasteiger partial charge in [-0.1, -0.05) is 18.6 Å².